The van der Waals surface area contributed by atoms with Crippen LogP contribution in [-0.2, 0) is 12.7 Å². The van der Waals surface area contributed by atoms with Crippen LogP contribution in [0.15, 0.2) is 83.2 Å². The number of halogens is 3. The lowest BCUT2D eigenvalue weighted by atomic mass is 10.0. The highest BCUT2D eigenvalue weighted by Crippen LogP contribution is 2.31. The summed E-state index contributed by atoms with van der Waals surface area (Å²) in [5, 5.41) is 2.02. The predicted molar refractivity (Wildman–Crippen MR) is 119 cm³/mol. The van der Waals surface area contributed by atoms with Crippen molar-refractivity contribution in [2.75, 3.05) is 0 Å². The van der Waals surface area contributed by atoms with E-state index in [1.54, 1.807) is 6.07 Å². The van der Waals surface area contributed by atoms with Gasteiger partial charge in [-0.15, -0.1) is 11.3 Å². The van der Waals surface area contributed by atoms with E-state index in [2.05, 4.69) is 34.7 Å². The summed E-state index contributed by atoms with van der Waals surface area (Å²) in [6.45, 7) is 4.68. The number of hydrogen-bond acceptors (Lipinski definition) is 2. The third-order valence-corrected chi connectivity index (χ3v) is 5.91. The van der Waals surface area contributed by atoms with Gasteiger partial charge in [0.25, 0.3) is 0 Å². The zero-order chi connectivity index (χ0) is 22.0. The normalized spacial score (nSPS) is 12.4. The van der Waals surface area contributed by atoms with E-state index >= 15 is 0 Å². The molecule has 0 fully saturated rings. The summed E-state index contributed by atoms with van der Waals surface area (Å²) in [5.41, 5.74) is 5.06. The summed E-state index contributed by atoms with van der Waals surface area (Å²) in [6, 6.07) is 21.4. The molecule has 4 aromatic rings. The van der Waals surface area contributed by atoms with Gasteiger partial charge >= 0.3 is 6.18 Å². The van der Waals surface area contributed by atoms with Crippen LogP contribution in [0.5, 0.6) is 0 Å². The summed E-state index contributed by atoms with van der Waals surface area (Å²) >= 11 is 1.43. The molecule has 0 saturated heterocycles. The van der Waals surface area contributed by atoms with Crippen LogP contribution in [0.1, 0.15) is 22.3 Å². The highest BCUT2D eigenvalue weighted by Gasteiger charge is 2.30. The van der Waals surface area contributed by atoms with Crippen LogP contribution in [0.4, 0.5) is 18.9 Å². The van der Waals surface area contributed by atoms with Gasteiger partial charge in [0, 0.05) is 10.9 Å². The minimum Gasteiger partial charge on any atom is -0.312 e. The second kappa shape index (κ2) is 8.55. The van der Waals surface area contributed by atoms with Crippen LogP contribution in [0, 0.1) is 13.8 Å². The fraction of sp³-hybridized carbons (Fsp3) is 0.160. The van der Waals surface area contributed by atoms with E-state index in [1.165, 1.54) is 17.4 Å². The fourth-order valence-corrected chi connectivity index (χ4v) is 4.35. The molecule has 6 heteroatoms. The van der Waals surface area contributed by atoms with Gasteiger partial charge in [0.2, 0.25) is 0 Å². The molecule has 0 aliphatic carbocycles. The Morgan fingerprint density at radius 1 is 0.903 bits per heavy atom. The molecule has 4 rings (SSSR count). The fourth-order valence-electron chi connectivity index (χ4n) is 3.43. The third-order valence-electron chi connectivity index (χ3n) is 5.05. The highest BCUT2D eigenvalue weighted by molar-refractivity contribution is 7.07. The SMILES string of the molecule is Cc1ccc(C)c(-c2csc(=Nc3cccc(C(F)(F)F)c3)n2Cc2ccccc2)c1. The van der Waals surface area contributed by atoms with Crippen LogP contribution in [0.25, 0.3) is 11.3 Å². The number of hydrogen-bond donors (Lipinski definition) is 0. The molecule has 31 heavy (non-hydrogen) atoms. The molecule has 1 heterocycles. The number of alkyl halides is 3. The van der Waals surface area contributed by atoms with E-state index in [0.29, 0.717) is 11.3 Å². The average molecular weight is 439 g/mol. The van der Waals surface area contributed by atoms with Gasteiger partial charge in [0.15, 0.2) is 4.80 Å². The molecule has 0 amide bonds. The molecular formula is C25H21F3N2S. The van der Waals surface area contributed by atoms with Crippen molar-refractivity contribution in [2.45, 2.75) is 26.6 Å². The smallest absolute Gasteiger partial charge is 0.312 e. The summed E-state index contributed by atoms with van der Waals surface area (Å²) < 4.78 is 41.5. The van der Waals surface area contributed by atoms with Crippen molar-refractivity contribution in [3.63, 3.8) is 0 Å². The number of nitrogens with zero attached hydrogens (tertiary/aromatic N) is 2. The first kappa shape index (κ1) is 21.1. The molecule has 0 saturated carbocycles. The number of aryl methyl sites for hydroxylation is 2. The van der Waals surface area contributed by atoms with Crippen molar-refractivity contribution in [2.24, 2.45) is 4.99 Å². The molecule has 2 nitrogen and oxygen atoms in total. The van der Waals surface area contributed by atoms with E-state index in [9.17, 15) is 13.2 Å². The predicted octanol–water partition coefficient (Wildman–Crippen LogP) is 7.13. The maximum Gasteiger partial charge on any atom is 0.416 e. The number of rotatable bonds is 4. The van der Waals surface area contributed by atoms with E-state index in [1.807, 2.05) is 42.6 Å². The second-order valence-corrected chi connectivity index (χ2v) is 8.29. The van der Waals surface area contributed by atoms with Gasteiger partial charge < -0.3 is 4.57 Å². The van der Waals surface area contributed by atoms with Crippen LogP contribution >= 0.6 is 11.3 Å². The summed E-state index contributed by atoms with van der Waals surface area (Å²) in [7, 11) is 0. The Bertz CT molecular complexity index is 1270. The molecule has 1 aromatic heterocycles. The number of benzene rings is 3. The van der Waals surface area contributed by atoms with Crippen molar-refractivity contribution in [3.05, 3.63) is 105 Å². The first-order chi connectivity index (χ1) is 14.8. The van der Waals surface area contributed by atoms with Crippen LogP contribution in [0.3, 0.4) is 0 Å². The maximum absolute atomic E-state index is 13.1. The Morgan fingerprint density at radius 3 is 2.42 bits per heavy atom. The Morgan fingerprint density at radius 2 is 1.68 bits per heavy atom. The molecule has 0 radical (unpaired) electrons. The molecule has 0 spiro atoms. The summed E-state index contributed by atoms with van der Waals surface area (Å²) in [4.78, 5) is 5.24. The van der Waals surface area contributed by atoms with E-state index in [-0.39, 0.29) is 5.69 Å². The Balaban J connectivity index is 1.88. The van der Waals surface area contributed by atoms with Gasteiger partial charge in [0.05, 0.1) is 23.5 Å². The van der Waals surface area contributed by atoms with Gasteiger partial charge in [-0.05, 0) is 49.2 Å². The standard InChI is InChI=1S/C25H21F3N2S/c1-17-11-12-18(2)22(13-17)23-16-31-24(30(23)15-19-7-4-3-5-8-19)29-21-10-6-9-20(14-21)25(26,27)28/h3-14,16H,15H2,1-2H3. The molecule has 0 atom stereocenters. The first-order valence-corrected chi connectivity index (χ1v) is 10.7. The topological polar surface area (TPSA) is 17.3 Å². The average Bonchev–Trinajstić information content (AvgIpc) is 3.12. The summed E-state index contributed by atoms with van der Waals surface area (Å²) in [5.74, 6) is 0. The van der Waals surface area contributed by atoms with Crippen molar-refractivity contribution in [1.82, 2.24) is 4.57 Å². The molecule has 0 aliphatic rings. The molecule has 158 valence electrons. The molecule has 0 bridgehead atoms. The largest absolute Gasteiger partial charge is 0.416 e. The van der Waals surface area contributed by atoms with E-state index < -0.39 is 11.7 Å². The Labute approximate surface area is 183 Å². The van der Waals surface area contributed by atoms with Gasteiger partial charge in [-0.3, -0.25) is 0 Å². The van der Waals surface area contributed by atoms with Crippen molar-refractivity contribution in [1.29, 1.82) is 0 Å². The second-order valence-electron chi connectivity index (χ2n) is 7.45. The zero-order valence-electron chi connectivity index (χ0n) is 17.1. The van der Waals surface area contributed by atoms with Gasteiger partial charge in [-0.2, -0.15) is 13.2 Å². The van der Waals surface area contributed by atoms with Crippen LogP contribution < -0.4 is 4.80 Å². The Kier molecular flexibility index (Phi) is 5.83. The van der Waals surface area contributed by atoms with Gasteiger partial charge in [0.1, 0.15) is 0 Å². The summed E-state index contributed by atoms with van der Waals surface area (Å²) in [6.07, 6.45) is -4.40. The van der Waals surface area contributed by atoms with Crippen molar-refractivity contribution < 1.29 is 13.2 Å². The molecular weight excluding hydrogens is 417 g/mol. The van der Waals surface area contributed by atoms with Gasteiger partial charge in [-0.1, -0.05) is 54.1 Å². The minimum atomic E-state index is -4.40. The molecule has 0 unspecified atom stereocenters. The minimum absolute atomic E-state index is 0.283. The number of thiazole rings is 1. The maximum atomic E-state index is 13.1. The van der Waals surface area contributed by atoms with Gasteiger partial charge in [-0.25, -0.2) is 4.99 Å². The van der Waals surface area contributed by atoms with E-state index in [4.69, 9.17) is 0 Å². The lowest BCUT2D eigenvalue weighted by molar-refractivity contribution is -0.137. The van der Waals surface area contributed by atoms with Crippen LogP contribution in [-0.4, -0.2) is 4.57 Å². The quantitative estimate of drug-likeness (QED) is 0.322. The lowest BCUT2D eigenvalue weighted by Crippen LogP contribution is -2.17. The van der Waals surface area contributed by atoms with Crippen molar-refractivity contribution >= 4 is 17.0 Å². The highest BCUT2D eigenvalue weighted by atomic mass is 32.1. The Hall–Kier alpha value is -3.12. The lowest BCUT2D eigenvalue weighted by Gasteiger charge is -2.12. The van der Waals surface area contributed by atoms with Crippen molar-refractivity contribution in [3.8, 4) is 11.3 Å². The molecule has 0 N–H and O–H groups in total. The number of aromatic nitrogens is 1. The van der Waals surface area contributed by atoms with Crippen LogP contribution in [0.2, 0.25) is 0 Å². The molecule has 3 aromatic carbocycles. The molecule has 0 aliphatic heterocycles. The third kappa shape index (κ3) is 4.80. The zero-order valence-corrected chi connectivity index (χ0v) is 18.0. The van der Waals surface area contributed by atoms with E-state index in [0.717, 1.165) is 40.1 Å². The first-order valence-electron chi connectivity index (χ1n) is 9.83. The monoisotopic (exact) mass is 438 g/mol.